The number of para-hydroxylation sites is 2. The molecule has 21 heavy (non-hydrogen) atoms. The number of ether oxygens (including phenoxy) is 2. The third-order valence-electron chi connectivity index (χ3n) is 4.87. The van der Waals surface area contributed by atoms with Gasteiger partial charge in [-0.2, -0.15) is 0 Å². The van der Waals surface area contributed by atoms with Crippen molar-refractivity contribution in [1.29, 1.82) is 0 Å². The molecule has 2 aliphatic heterocycles. The summed E-state index contributed by atoms with van der Waals surface area (Å²) in [6.45, 7) is 3.79. The lowest BCUT2D eigenvalue weighted by atomic mass is 10.2. The van der Waals surface area contributed by atoms with Gasteiger partial charge in [-0.1, -0.05) is 12.1 Å². The number of nitrogens with one attached hydrogen (secondary N) is 1. The largest absolute Gasteiger partial charge is 0.383 e. The van der Waals surface area contributed by atoms with Crippen LogP contribution < -0.4 is 10.2 Å². The van der Waals surface area contributed by atoms with Crippen molar-refractivity contribution in [2.45, 2.75) is 44.0 Å². The van der Waals surface area contributed by atoms with E-state index in [2.05, 4.69) is 34.5 Å². The molecule has 0 aromatic heterocycles. The lowest BCUT2D eigenvalue weighted by molar-refractivity contribution is -0.160. The Morgan fingerprint density at radius 1 is 1.19 bits per heavy atom. The normalized spacial score (nSPS) is 27.4. The van der Waals surface area contributed by atoms with Crippen LogP contribution in [-0.2, 0) is 9.47 Å². The highest BCUT2D eigenvalue weighted by atomic mass is 16.7. The van der Waals surface area contributed by atoms with Crippen molar-refractivity contribution in [3.05, 3.63) is 24.3 Å². The van der Waals surface area contributed by atoms with Crippen LogP contribution in [0, 0.1) is 0 Å². The molecule has 1 atom stereocenters. The molecular formula is C17H24N2O2. The molecule has 1 unspecified atom stereocenters. The van der Waals surface area contributed by atoms with Crippen LogP contribution >= 0.6 is 0 Å². The van der Waals surface area contributed by atoms with Gasteiger partial charge in [-0.25, -0.2) is 0 Å². The Labute approximate surface area is 126 Å². The van der Waals surface area contributed by atoms with Crippen LogP contribution in [0.25, 0.3) is 0 Å². The highest BCUT2D eigenvalue weighted by Gasteiger charge is 2.44. The fourth-order valence-electron chi connectivity index (χ4n) is 3.83. The van der Waals surface area contributed by atoms with E-state index in [1.807, 2.05) is 0 Å². The number of hydrogen-bond acceptors (Lipinski definition) is 4. The first kappa shape index (κ1) is 13.4. The van der Waals surface area contributed by atoms with E-state index >= 15 is 0 Å². The third kappa shape index (κ3) is 2.62. The molecule has 1 spiro atoms. The predicted octanol–water partition coefficient (Wildman–Crippen LogP) is 2.99. The van der Waals surface area contributed by atoms with Gasteiger partial charge in [-0.05, 0) is 31.4 Å². The van der Waals surface area contributed by atoms with Crippen molar-refractivity contribution < 1.29 is 9.47 Å². The molecule has 3 aliphatic rings. The fourth-order valence-corrected chi connectivity index (χ4v) is 3.83. The zero-order valence-electron chi connectivity index (χ0n) is 12.5. The minimum Gasteiger partial charge on any atom is -0.383 e. The molecule has 114 valence electrons. The quantitative estimate of drug-likeness (QED) is 0.907. The molecule has 0 radical (unpaired) electrons. The van der Waals surface area contributed by atoms with E-state index in [1.165, 1.54) is 24.2 Å². The zero-order valence-corrected chi connectivity index (χ0v) is 12.5. The molecule has 2 fully saturated rings. The van der Waals surface area contributed by atoms with Crippen LogP contribution in [0.1, 0.15) is 32.1 Å². The minimum absolute atomic E-state index is 0.203. The van der Waals surface area contributed by atoms with Gasteiger partial charge >= 0.3 is 0 Å². The molecule has 1 aromatic rings. The van der Waals surface area contributed by atoms with Gasteiger partial charge in [0.1, 0.15) is 6.10 Å². The van der Waals surface area contributed by atoms with Gasteiger partial charge in [0.2, 0.25) is 0 Å². The molecule has 1 saturated carbocycles. The SMILES string of the molecule is c1ccc2c(c1)NCCCN2CC1COC2(CCCC2)O1. The van der Waals surface area contributed by atoms with Gasteiger partial charge in [-0.15, -0.1) is 0 Å². The summed E-state index contributed by atoms with van der Waals surface area (Å²) in [4.78, 5) is 2.46. The molecule has 0 amide bonds. The number of hydrogen-bond donors (Lipinski definition) is 1. The van der Waals surface area contributed by atoms with Crippen molar-refractivity contribution in [3.8, 4) is 0 Å². The molecule has 4 rings (SSSR count). The van der Waals surface area contributed by atoms with E-state index in [4.69, 9.17) is 9.47 Å². The maximum Gasteiger partial charge on any atom is 0.168 e. The van der Waals surface area contributed by atoms with Crippen molar-refractivity contribution >= 4 is 11.4 Å². The van der Waals surface area contributed by atoms with Crippen molar-refractivity contribution in [3.63, 3.8) is 0 Å². The van der Waals surface area contributed by atoms with Crippen LogP contribution in [0.2, 0.25) is 0 Å². The summed E-state index contributed by atoms with van der Waals surface area (Å²) in [6, 6.07) is 8.58. The molecule has 1 aliphatic carbocycles. The lowest BCUT2D eigenvalue weighted by Gasteiger charge is -2.28. The number of fused-ring (bicyclic) bond motifs is 1. The Kier molecular flexibility index (Phi) is 3.51. The summed E-state index contributed by atoms with van der Waals surface area (Å²) >= 11 is 0. The lowest BCUT2D eigenvalue weighted by Crippen LogP contribution is -2.36. The van der Waals surface area contributed by atoms with Gasteiger partial charge < -0.3 is 19.7 Å². The summed E-state index contributed by atoms with van der Waals surface area (Å²) in [5, 5.41) is 3.51. The number of benzene rings is 1. The molecular weight excluding hydrogens is 264 g/mol. The van der Waals surface area contributed by atoms with Crippen molar-refractivity contribution in [2.75, 3.05) is 36.5 Å². The molecule has 0 bridgehead atoms. The van der Waals surface area contributed by atoms with Gasteiger partial charge in [0, 0.05) is 32.5 Å². The summed E-state index contributed by atoms with van der Waals surface area (Å²) in [5.74, 6) is -0.242. The Hall–Kier alpha value is -1.26. The second-order valence-electron chi connectivity index (χ2n) is 6.41. The van der Waals surface area contributed by atoms with E-state index in [1.54, 1.807) is 0 Å². The van der Waals surface area contributed by atoms with Crippen LogP contribution in [0.3, 0.4) is 0 Å². The van der Waals surface area contributed by atoms with Crippen LogP contribution in [0.4, 0.5) is 11.4 Å². The van der Waals surface area contributed by atoms with E-state index < -0.39 is 0 Å². The molecule has 1 saturated heterocycles. The first-order chi connectivity index (χ1) is 10.3. The molecule has 4 heteroatoms. The average Bonchev–Trinajstić information content (AvgIpc) is 3.08. The van der Waals surface area contributed by atoms with Gasteiger partial charge in [0.15, 0.2) is 5.79 Å². The van der Waals surface area contributed by atoms with Crippen LogP contribution in [-0.4, -0.2) is 38.1 Å². The highest BCUT2D eigenvalue weighted by Crippen LogP contribution is 2.40. The Balaban J connectivity index is 1.47. The number of anilines is 2. The monoisotopic (exact) mass is 288 g/mol. The Bertz CT molecular complexity index is 499. The number of nitrogens with zero attached hydrogens (tertiary/aromatic N) is 1. The molecule has 1 N–H and O–H groups in total. The summed E-state index contributed by atoms with van der Waals surface area (Å²) in [6.07, 6.45) is 5.98. The summed E-state index contributed by atoms with van der Waals surface area (Å²) in [7, 11) is 0. The maximum absolute atomic E-state index is 6.28. The maximum atomic E-state index is 6.28. The predicted molar refractivity (Wildman–Crippen MR) is 83.8 cm³/mol. The summed E-state index contributed by atoms with van der Waals surface area (Å²) < 4.78 is 12.3. The second-order valence-corrected chi connectivity index (χ2v) is 6.41. The van der Waals surface area contributed by atoms with Gasteiger partial charge in [0.05, 0.1) is 18.0 Å². The van der Waals surface area contributed by atoms with E-state index in [0.29, 0.717) is 0 Å². The van der Waals surface area contributed by atoms with E-state index in [0.717, 1.165) is 45.5 Å². The standard InChI is InChI=1S/C17H24N2O2/c1-2-7-16-15(6-1)18-10-5-11-19(16)12-14-13-20-17(21-14)8-3-4-9-17/h1-2,6-7,14,18H,3-5,8-13H2. The smallest absolute Gasteiger partial charge is 0.168 e. The second kappa shape index (κ2) is 5.50. The van der Waals surface area contributed by atoms with Crippen molar-refractivity contribution in [2.24, 2.45) is 0 Å². The first-order valence-electron chi connectivity index (χ1n) is 8.24. The third-order valence-corrected chi connectivity index (χ3v) is 4.87. The first-order valence-corrected chi connectivity index (χ1v) is 8.24. The van der Waals surface area contributed by atoms with E-state index in [-0.39, 0.29) is 11.9 Å². The zero-order chi connectivity index (χ0) is 14.1. The van der Waals surface area contributed by atoms with Gasteiger partial charge in [0.25, 0.3) is 0 Å². The Morgan fingerprint density at radius 2 is 2.05 bits per heavy atom. The van der Waals surface area contributed by atoms with Crippen LogP contribution in [0.15, 0.2) is 24.3 Å². The topological polar surface area (TPSA) is 33.7 Å². The molecule has 4 nitrogen and oxygen atoms in total. The number of rotatable bonds is 2. The summed E-state index contributed by atoms with van der Waals surface area (Å²) in [5.41, 5.74) is 2.54. The Morgan fingerprint density at radius 3 is 2.95 bits per heavy atom. The molecule has 2 heterocycles. The van der Waals surface area contributed by atoms with E-state index in [9.17, 15) is 0 Å². The minimum atomic E-state index is -0.242. The fraction of sp³-hybridized carbons (Fsp3) is 0.647. The highest BCUT2D eigenvalue weighted by molar-refractivity contribution is 5.70. The van der Waals surface area contributed by atoms with Crippen molar-refractivity contribution in [1.82, 2.24) is 0 Å². The average molecular weight is 288 g/mol. The van der Waals surface area contributed by atoms with Crippen LogP contribution in [0.5, 0.6) is 0 Å². The molecule has 1 aromatic carbocycles. The van der Waals surface area contributed by atoms with Gasteiger partial charge in [-0.3, -0.25) is 0 Å².